The topological polar surface area (TPSA) is 51.5 Å². The summed E-state index contributed by atoms with van der Waals surface area (Å²) in [7, 11) is 0. The van der Waals surface area contributed by atoms with Crippen LogP contribution in [-0.2, 0) is 17.8 Å². The molecular weight excluding hydrogens is 382 g/mol. The van der Waals surface area contributed by atoms with Gasteiger partial charge in [0, 0.05) is 40.4 Å². The van der Waals surface area contributed by atoms with E-state index in [1.165, 1.54) is 5.57 Å². The van der Waals surface area contributed by atoms with E-state index in [9.17, 15) is 9.90 Å². The molecule has 0 fully saturated rings. The van der Waals surface area contributed by atoms with Crippen molar-refractivity contribution in [1.29, 1.82) is 0 Å². The molecule has 1 aromatic heterocycles. The highest BCUT2D eigenvalue weighted by Gasteiger charge is 2.29. The third kappa shape index (κ3) is 3.66. The summed E-state index contributed by atoms with van der Waals surface area (Å²) >= 11 is 8.02. The van der Waals surface area contributed by atoms with E-state index in [0.717, 1.165) is 27.2 Å². The van der Waals surface area contributed by atoms with Gasteiger partial charge in [0.05, 0.1) is 18.5 Å². The Bertz CT molecular complexity index is 989. The monoisotopic (exact) mass is 401 g/mol. The molecule has 2 aromatic rings. The minimum atomic E-state index is -0.828. The van der Waals surface area contributed by atoms with Gasteiger partial charge in [0.2, 0.25) is 0 Å². The van der Waals surface area contributed by atoms with Crippen molar-refractivity contribution in [2.45, 2.75) is 25.1 Å². The molecule has 4 nitrogen and oxygen atoms in total. The fourth-order valence-corrected chi connectivity index (χ4v) is 5.06. The molecule has 27 heavy (non-hydrogen) atoms. The highest BCUT2D eigenvalue weighted by Crippen LogP contribution is 2.42. The summed E-state index contributed by atoms with van der Waals surface area (Å²) in [5.41, 5.74) is 3.10. The van der Waals surface area contributed by atoms with Crippen molar-refractivity contribution in [1.82, 2.24) is 4.57 Å². The first-order valence-electron chi connectivity index (χ1n) is 8.91. The lowest BCUT2D eigenvalue weighted by Gasteiger charge is -2.20. The first-order chi connectivity index (χ1) is 13.0. The number of carboxylic acids is 1. The maximum atomic E-state index is 11.3. The number of carbonyl (C=O) groups is 1. The van der Waals surface area contributed by atoms with E-state index in [4.69, 9.17) is 16.3 Å². The number of rotatable bonds is 6. The van der Waals surface area contributed by atoms with Crippen LogP contribution in [-0.4, -0.2) is 27.5 Å². The number of hydrogen-bond acceptors (Lipinski definition) is 3. The fraction of sp³-hybridized carbons (Fsp3) is 0.286. The van der Waals surface area contributed by atoms with Crippen LogP contribution in [0.1, 0.15) is 12.5 Å². The molecule has 0 amide bonds. The lowest BCUT2D eigenvalue weighted by atomic mass is 9.93. The minimum absolute atomic E-state index is 0.00576. The molecule has 2 heterocycles. The van der Waals surface area contributed by atoms with E-state index < -0.39 is 5.97 Å². The first kappa shape index (κ1) is 18.3. The van der Waals surface area contributed by atoms with Crippen LogP contribution in [0.5, 0.6) is 5.75 Å². The average Bonchev–Trinajstić information content (AvgIpc) is 3.17. The summed E-state index contributed by atoms with van der Waals surface area (Å²) in [5.74, 6) is 0.246. The zero-order chi connectivity index (χ0) is 19.0. The molecule has 2 aliphatic rings. The molecule has 2 unspecified atom stereocenters. The number of halogens is 1. The summed E-state index contributed by atoms with van der Waals surface area (Å²) in [5, 5.41) is 13.6. The Morgan fingerprint density at radius 2 is 2.26 bits per heavy atom. The van der Waals surface area contributed by atoms with Gasteiger partial charge in [0.15, 0.2) is 0 Å². The van der Waals surface area contributed by atoms with E-state index in [1.807, 2.05) is 37.4 Å². The molecule has 4 rings (SSSR count). The summed E-state index contributed by atoms with van der Waals surface area (Å²) in [6.07, 6.45) is 8.17. The summed E-state index contributed by atoms with van der Waals surface area (Å²) < 4.78 is 7.77. The molecule has 0 saturated heterocycles. The highest BCUT2D eigenvalue weighted by molar-refractivity contribution is 8.03. The normalized spacial score (nSPS) is 21.1. The van der Waals surface area contributed by atoms with Gasteiger partial charge in [-0.25, -0.2) is 0 Å². The molecule has 0 radical (unpaired) electrons. The molecule has 1 aliphatic carbocycles. The van der Waals surface area contributed by atoms with Crippen LogP contribution in [0.25, 0.3) is 10.9 Å². The number of nitrogens with zero attached hydrogens (tertiary/aromatic N) is 1. The number of allylic oxidation sites excluding steroid dienone is 4. The van der Waals surface area contributed by atoms with Crippen LogP contribution in [0.3, 0.4) is 0 Å². The summed E-state index contributed by atoms with van der Waals surface area (Å²) in [4.78, 5) is 11.3. The number of ether oxygens (including phenoxy) is 1. The molecule has 1 aliphatic heterocycles. The third-order valence-electron chi connectivity index (χ3n) is 4.88. The lowest BCUT2D eigenvalue weighted by molar-refractivity contribution is -0.136. The second kappa shape index (κ2) is 7.49. The van der Waals surface area contributed by atoms with Gasteiger partial charge in [-0.15, -0.1) is 11.8 Å². The molecular formula is C21H20ClNO3S. The second-order valence-electron chi connectivity index (χ2n) is 6.69. The zero-order valence-electron chi connectivity index (χ0n) is 14.9. The largest absolute Gasteiger partial charge is 0.494 e. The van der Waals surface area contributed by atoms with Crippen molar-refractivity contribution in [2.75, 3.05) is 6.61 Å². The fourth-order valence-electron chi connectivity index (χ4n) is 3.70. The minimum Gasteiger partial charge on any atom is -0.494 e. The van der Waals surface area contributed by atoms with Gasteiger partial charge in [-0.1, -0.05) is 23.8 Å². The van der Waals surface area contributed by atoms with E-state index in [1.54, 1.807) is 11.8 Å². The molecule has 6 heteroatoms. The summed E-state index contributed by atoms with van der Waals surface area (Å²) in [6.45, 7) is 3.25. The van der Waals surface area contributed by atoms with Gasteiger partial charge in [-0.3, -0.25) is 4.79 Å². The number of aromatic nitrogens is 1. The Labute approximate surface area is 167 Å². The smallest absolute Gasteiger partial charge is 0.307 e. The van der Waals surface area contributed by atoms with Crippen LogP contribution in [0.2, 0.25) is 0 Å². The second-order valence-corrected chi connectivity index (χ2v) is 8.18. The highest BCUT2D eigenvalue weighted by atomic mass is 35.5. The Kier molecular flexibility index (Phi) is 5.06. The third-order valence-corrected chi connectivity index (χ3v) is 6.34. The van der Waals surface area contributed by atoms with Gasteiger partial charge in [0.1, 0.15) is 5.75 Å². The molecule has 2 atom stereocenters. The lowest BCUT2D eigenvalue weighted by Crippen LogP contribution is -2.16. The van der Waals surface area contributed by atoms with Crippen LogP contribution >= 0.6 is 23.4 Å². The van der Waals surface area contributed by atoms with E-state index in [-0.39, 0.29) is 12.3 Å². The van der Waals surface area contributed by atoms with Gasteiger partial charge < -0.3 is 14.4 Å². The number of aliphatic carboxylic acids is 1. The van der Waals surface area contributed by atoms with Crippen LogP contribution in [0, 0.1) is 5.92 Å². The first-order valence-corrected chi connectivity index (χ1v) is 10.2. The number of carboxylic acid groups (broad SMARTS) is 1. The molecule has 0 spiro atoms. The Hall–Kier alpha value is -2.11. The quantitative estimate of drug-likeness (QED) is 0.742. The Balaban J connectivity index is 1.71. The standard InChI is InChI=1S/C21H20ClNO3S/c1-2-26-16-4-5-17-13(7-21(24)25)10-23(19(17)9-16)11-14-12-27-20-6-3-15(22)8-18(14)20/h3-6,8-10,12,18,20H,2,7,11H2,1H3,(H,24,25). The number of benzene rings is 1. The summed E-state index contributed by atoms with van der Waals surface area (Å²) in [6, 6.07) is 5.85. The molecule has 1 aromatic carbocycles. The van der Waals surface area contributed by atoms with E-state index in [2.05, 4.69) is 22.1 Å². The van der Waals surface area contributed by atoms with Crippen LogP contribution < -0.4 is 4.74 Å². The van der Waals surface area contributed by atoms with Crippen molar-refractivity contribution in [3.63, 3.8) is 0 Å². The maximum Gasteiger partial charge on any atom is 0.307 e. The zero-order valence-corrected chi connectivity index (χ0v) is 16.5. The molecule has 140 valence electrons. The van der Waals surface area contributed by atoms with E-state index >= 15 is 0 Å². The Morgan fingerprint density at radius 1 is 1.41 bits per heavy atom. The number of fused-ring (bicyclic) bond motifs is 2. The molecule has 0 bridgehead atoms. The van der Waals surface area contributed by atoms with Gasteiger partial charge >= 0.3 is 5.97 Å². The molecule has 0 saturated carbocycles. The predicted molar refractivity (Wildman–Crippen MR) is 110 cm³/mol. The van der Waals surface area contributed by atoms with Gasteiger partial charge in [0.25, 0.3) is 0 Å². The Morgan fingerprint density at radius 3 is 3.04 bits per heavy atom. The van der Waals surface area contributed by atoms with Crippen LogP contribution in [0.15, 0.2) is 58.6 Å². The van der Waals surface area contributed by atoms with Crippen molar-refractivity contribution in [3.05, 3.63) is 64.2 Å². The number of hydrogen-bond donors (Lipinski definition) is 1. The van der Waals surface area contributed by atoms with Crippen molar-refractivity contribution in [3.8, 4) is 5.75 Å². The molecule has 1 N–H and O–H groups in total. The number of thioether (sulfide) groups is 1. The average molecular weight is 402 g/mol. The van der Waals surface area contributed by atoms with Crippen molar-refractivity contribution >= 4 is 40.2 Å². The van der Waals surface area contributed by atoms with E-state index in [0.29, 0.717) is 18.4 Å². The van der Waals surface area contributed by atoms with Crippen molar-refractivity contribution < 1.29 is 14.6 Å². The maximum absolute atomic E-state index is 11.3. The predicted octanol–water partition coefficient (Wildman–Crippen LogP) is 4.98. The SMILES string of the molecule is CCOc1ccc2c(CC(=O)O)cn(CC3=CSC4C=CC(Cl)=CC34)c2c1. The van der Waals surface area contributed by atoms with Gasteiger partial charge in [-0.2, -0.15) is 0 Å². The van der Waals surface area contributed by atoms with Crippen LogP contribution in [0.4, 0.5) is 0 Å². The van der Waals surface area contributed by atoms with Crippen molar-refractivity contribution in [2.24, 2.45) is 5.92 Å². The van der Waals surface area contributed by atoms with Gasteiger partial charge in [-0.05, 0) is 41.7 Å².